The normalized spacial score (nSPS) is 13.1. The highest BCUT2D eigenvalue weighted by atomic mass is 16.1. The summed E-state index contributed by atoms with van der Waals surface area (Å²) < 4.78 is 0. The third kappa shape index (κ3) is 4.49. The van der Waals surface area contributed by atoms with Crippen molar-refractivity contribution in [1.82, 2.24) is 10.3 Å². The Bertz CT molecular complexity index is 1190. The minimum Gasteiger partial charge on any atom is -0.360 e. The van der Waals surface area contributed by atoms with Crippen LogP contribution in [0.4, 0.5) is 0 Å². The van der Waals surface area contributed by atoms with E-state index in [0.717, 1.165) is 22.0 Å². The zero-order chi connectivity index (χ0) is 21.8. The topological polar surface area (TPSA) is 62.0 Å². The van der Waals surface area contributed by atoms with Crippen LogP contribution in [0, 0.1) is 0 Å². The van der Waals surface area contributed by atoms with E-state index in [0.29, 0.717) is 17.7 Å². The maximum Gasteiger partial charge on any atom is 0.186 e. The number of fused-ring (bicyclic) bond motifs is 1. The molecule has 0 amide bonds. The van der Waals surface area contributed by atoms with Crippen LogP contribution in [-0.4, -0.2) is 23.1 Å². The molecule has 2 N–H and O–H groups in total. The Morgan fingerprint density at radius 2 is 1.55 bits per heavy atom. The molecule has 0 aliphatic carbocycles. The molecular formula is C27H26N2O2. The van der Waals surface area contributed by atoms with Gasteiger partial charge in [0.2, 0.25) is 0 Å². The summed E-state index contributed by atoms with van der Waals surface area (Å²) in [4.78, 5) is 28.3. The molecule has 31 heavy (non-hydrogen) atoms. The number of hydrogen-bond acceptors (Lipinski definition) is 3. The molecule has 0 unspecified atom stereocenters. The minimum atomic E-state index is -0.445. The molecule has 4 aromatic rings. The van der Waals surface area contributed by atoms with E-state index in [1.54, 1.807) is 13.1 Å². The van der Waals surface area contributed by atoms with Crippen LogP contribution in [0.5, 0.6) is 0 Å². The van der Waals surface area contributed by atoms with Crippen molar-refractivity contribution in [1.29, 1.82) is 0 Å². The molecule has 4 nitrogen and oxygen atoms in total. The Hall–Kier alpha value is -3.50. The number of para-hydroxylation sites is 1. The third-order valence-electron chi connectivity index (χ3n) is 5.76. The molecule has 0 aliphatic heterocycles. The predicted molar refractivity (Wildman–Crippen MR) is 125 cm³/mol. The summed E-state index contributed by atoms with van der Waals surface area (Å²) in [5.74, 6) is 0.288. The second-order valence-corrected chi connectivity index (χ2v) is 7.94. The first-order valence-corrected chi connectivity index (χ1v) is 10.5. The molecular weight excluding hydrogens is 384 g/mol. The standard InChI is InChI=1S/C27H26N2O2/c1-18(20-12-14-21(15-13-20)19(2)30)16-29-26(22-8-4-3-5-9-22)27(31)24-17-28-25-11-7-6-10-23(24)25/h3-15,17-18,26,28-29H,16H2,1-2H3/t18-,26+/m0/s1. The molecule has 1 heterocycles. The van der Waals surface area contributed by atoms with Crippen molar-refractivity contribution in [2.75, 3.05) is 6.54 Å². The first-order chi connectivity index (χ1) is 15.0. The van der Waals surface area contributed by atoms with Gasteiger partial charge in [0, 0.05) is 34.8 Å². The lowest BCUT2D eigenvalue weighted by Crippen LogP contribution is -2.31. The molecule has 0 bridgehead atoms. The van der Waals surface area contributed by atoms with Crippen LogP contribution in [-0.2, 0) is 0 Å². The monoisotopic (exact) mass is 410 g/mol. The van der Waals surface area contributed by atoms with Gasteiger partial charge in [0.05, 0.1) is 6.04 Å². The number of Topliss-reactive ketones (excluding diaryl/α,β-unsaturated/α-hetero) is 2. The predicted octanol–water partition coefficient (Wildman–Crippen LogP) is 5.69. The number of ketones is 2. The number of carbonyl (C=O) groups excluding carboxylic acids is 2. The van der Waals surface area contributed by atoms with Crippen molar-refractivity contribution in [3.05, 3.63) is 107 Å². The number of carbonyl (C=O) groups is 2. The average Bonchev–Trinajstić information content (AvgIpc) is 3.24. The Labute approximate surface area is 182 Å². The molecule has 1 aromatic heterocycles. The maximum absolute atomic E-state index is 13.6. The highest BCUT2D eigenvalue weighted by Gasteiger charge is 2.24. The molecule has 0 saturated carbocycles. The van der Waals surface area contributed by atoms with Gasteiger partial charge in [-0.2, -0.15) is 0 Å². The number of aromatic nitrogens is 1. The van der Waals surface area contributed by atoms with Gasteiger partial charge < -0.3 is 10.3 Å². The van der Waals surface area contributed by atoms with E-state index < -0.39 is 6.04 Å². The van der Waals surface area contributed by atoms with Gasteiger partial charge in [0.25, 0.3) is 0 Å². The first-order valence-electron chi connectivity index (χ1n) is 10.5. The Kier molecular flexibility index (Phi) is 6.10. The van der Waals surface area contributed by atoms with Gasteiger partial charge in [-0.3, -0.25) is 9.59 Å². The molecule has 0 saturated heterocycles. The van der Waals surface area contributed by atoms with E-state index in [1.165, 1.54) is 0 Å². The van der Waals surface area contributed by atoms with Gasteiger partial charge in [-0.15, -0.1) is 0 Å². The van der Waals surface area contributed by atoms with Gasteiger partial charge >= 0.3 is 0 Å². The van der Waals surface area contributed by atoms with Crippen LogP contribution in [0.15, 0.2) is 85.1 Å². The van der Waals surface area contributed by atoms with Crippen molar-refractivity contribution in [2.24, 2.45) is 0 Å². The number of aromatic amines is 1. The van der Waals surface area contributed by atoms with E-state index >= 15 is 0 Å². The zero-order valence-electron chi connectivity index (χ0n) is 17.8. The highest BCUT2D eigenvalue weighted by Crippen LogP contribution is 2.25. The number of benzene rings is 3. The lowest BCUT2D eigenvalue weighted by molar-refractivity contribution is 0.0943. The van der Waals surface area contributed by atoms with Crippen LogP contribution in [0.3, 0.4) is 0 Å². The van der Waals surface area contributed by atoms with E-state index in [1.807, 2.05) is 78.9 Å². The van der Waals surface area contributed by atoms with E-state index in [2.05, 4.69) is 17.2 Å². The highest BCUT2D eigenvalue weighted by molar-refractivity contribution is 6.10. The van der Waals surface area contributed by atoms with Gasteiger partial charge in [0.1, 0.15) is 0 Å². The fraction of sp³-hybridized carbons (Fsp3) is 0.185. The average molecular weight is 411 g/mol. The molecule has 156 valence electrons. The minimum absolute atomic E-state index is 0.0442. The zero-order valence-corrected chi connectivity index (χ0v) is 17.8. The second-order valence-electron chi connectivity index (χ2n) is 7.94. The number of hydrogen-bond donors (Lipinski definition) is 2. The van der Waals surface area contributed by atoms with Crippen LogP contribution in [0.1, 0.15) is 57.7 Å². The fourth-order valence-corrected chi connectivity index (χ4v) is 3.90. The first kappa shape index (κ1) is 20.8. The fourth-order valence-electron chi connectivity index (χ4n) is 3.90. The Balaban J connectivity index is 1.57. The molecule has 2 atom stereocenters. The van der Waals surface area contributed by atoms with Crippen LogP contribution in [0.2, 0.25) is 0 Å². The van der Waals surface area contributed by atoms with Crippen molar-refractivity contribution >= 4 is 22.5 Å². The number of rotatable bonds is 8. The molecule has 0 radical (unpaired) electrons. The maximum atomic E-state index is 13.6. The molecule has 4 heteroatoms. The lowest BCUT2D eigenvalue weighted by atomic mass is 9.95. The summed E-state index contributed by atoms with van der Waals surface area (Å²) >= 11 is 0. The molecule has 0 spiro atoms. The summed E-state index contributed by atoms with van der Waals surface area (Å²) in [5, 5.41) is 4.43. The molecule has 0 aliphatic rings. The quantitative estimate of drug-likeness (QED) is 0.367. The Morgan fingerprint density at radius 3 is 2.26 bits per heavy atom. The number of nitrogens with one attached hydrogen (secondary N) is 2. The Morgan fingerprint density at radius 1 is 0.871 bits per heavy atom. The summed E-state index contributed by atoms with van der Waals surface area (Å²) in [6.07, 6.45) is 1.80. The van der Waals surface area contributed by atoms with Gasteiger partial charge in [0.15, 0.2) is 11.6 Å². The van der Waals surface area contributed by atoms with Crippen molar-refractivity contribution in [3.63, 3.8) is 0 Å². The van der Waals surface area contributed by atoms with Crippen LogP contribution in [0.25, 0.3) is 10.9 Å². The smallest absolute Gasteiger partial charge is 0.186 e. The molecule has 4 rings (SSSR count). The summed E-state index contributed by atoms with van der Waals surface area (Å²) in [7, 11) is 0. The largest absolute Gasteiger partial charge is 0.360 e. The van der Waals surface area contributed by atoms with Gasteiger partial charge in [-0.1, -0.05) is 79.7 Å². The number of H-pyrrole nitrogens is 1. The SMILES string of the molecule is CC(=O)c1ccc([C@@H](C)CN[C@@H](C(=O)c2c[nH]c3ccccc23)c2ccccc2)cc1. The lowest BCUT2D eigenvalue weighted by Gasteiger charge is -2.21. The molecule has 0 fully saturated rings. The van der Waals surface area contributed by atoms with Gasteiger partial charge in [-0.25, -0.2) is 0 Å². The second kappa shape index (κ2) is 9.11. The molecule has 3 aromatic carbocycles. The van der Waals surface area contributed by atoms with E-state index in [4.69, 9.17) is 0 Å². The van der Waals surface area contributed by atoms with Gasteiger partial charge in [-0.05, 0) is 30.0 Å². The van der Waals surface area contributed by atoms with E-state index in [9.17, 15) is 9.59 Å². The third-order valence-corrected chi connectivity index (χ3v) is 5.76. The summed E-state index contributed by atoms with van der Waals surface area (Å²) in [5.41, 5.74) is 4.42. The van der Waals surface area contributed by atoms with E-state index in [-0.39, 0.29) is 17.5 Å². The van der Waals surface area contributed by atoms with Crippen LogP contribution >= 0.6 is 0 Å². The summed E-state index contributed by atoms with van der Waals surface area (Å²) in [6, 6.07) is 24.9. The van der Waals surface area contributed by atoms with Crippen molar-refractivity contribution < 1.29 is 9.59 Å². The van der Waals surface area contributed by atoms with Crippen molar-refractivity contribution in [3.8, 4) is 0 Å². The van der Waals surface area contributed by atoms with Crippen LogP contribution < -0.4 is 5.32 Å². The summed E-state index contributed by atoms with van der Waals surface area (Å²) in [6.45, 7) is 4.32. The van der Waals surface area contributed by atoms with Crippen molar-refractivity contribution in [2.45, 2.75) is 25.8 Å².